The van der Waals surface area contributed by atoms with Crippen molar-refractivity contribution in [1.29, 1.82) is 0 Å². The summed E-state index contributed by atoms with van der Waals surface area (Å²) in [4.78, 5) is 41.9. The fraction of sp³-hybridized carbons (Fsp3) is 0.316. The number of hydrogen-bond acceptors (Lipinski definition) is 5. The Morgan fingerprint density at radius 3 is 2.70 bits per heavy atom. The predicted molar refractivity (Wildman–Crippen MR) is 107 cm³/mol. The molecule has 0 saturated carbocycles. The lowest BCUT2D eigenvalue weighted by molar-refractivity contribution is -0.121. The van der Waals surface area contributed by atoms with Crippen molar-refractivity contribution in [3.8, 4) is 0 Å². The molecule has 3 rings (SSSR count). The highest BCUT2D eigenvalue weighted by Crippen LogP contribution is 2.22. The van der Waals surface area contributed by atoms with Gasteiger partial charge in [0.15, 0.2) is 0 Å². The van der Waals surface area contributed by atoms with Crippen LogP contribution in [0.1, 0.15) is 17.3 Å². The van der Waals surface area contributed by atoms with Gasteiger partial charge in [-0.15, -0.1) is 11.3 Å². The summed E-state index contributed by atoms with van der Waals surface area (Å²) in [6.45, 7) is 0.696. The normalized spacial score (nSPS) is 12.4. The molecule has 0 aliphatic rings. The molecule has 7 nitrogen and oxygen atoms in total. The molecule has 0 aliphatic carbocycles. The van der Waals surface area contributed by atoms with E-state index in [4.69, 9.17) is 0 Å². The van der Waals surface area contributed by atoms with Crippen LogP contribution in [0.5, 0.6) is 0 Å². The van der Waals surface area contributed by atoms with E-state index >= 15 is 0 Å². The van der Waals surface area contributed by atoms with Crippen molar-refractivity contribution in [2.24, 2.45) is 0 Å². The number of rotatable bonds is 7. The monoisotopic (exact) mass is 386 g/mol. The minimum atomic E-state index is -0.503. The van der Waals surface area contributed by atoms with Crippen molar-refractivity contribution in [1.82, 2.24) is 19.8 Å². The molecule has 8 heteroatoms. The maximum absolute atomic E-state index is 12.3. The van der Waals surface area contributed by atoms with Crippen molar-refractivity contribution < 1.29 is 4.79 Å². The molecule has 2 N–H and O–H groups in total. The topological polar surface area (TPSA) is 87.2 Å². The Balaban J connectivity index is 1.67. The van der Waals surface area contributed by atoms with Crippen LogP contribution in [-0.4, -0.2) is 41.0 Å². The number of amides is 1. The third-order valence-corrected chi connectivity index (χ3v) is 5.43. The minimum absolute atomic E-state index is 0.102. The van der Waals surface area contributed by atoms with Crippen LogP contribution < -0.4 is 16.6 Å². The zero-order valence-electron chi connectivity index (χ0n) is 15.3. The van der Waals surface area contributed by atoms with Gasteiger partial charge >= 0.3 is 5.69 Å². The number of para-hydroxylation sites is 1. The average Bonchev–Trinajstić information content (AvgIpc) is 3.15. The molecule has 0 saturated heterocycles. The van der Waals surface area contributed by atoms with E-state index in [0.717, 1.165) is 0 Å². The highest BCUT2D eigenvalue weighted by atomic mass is 32.1. The standard InChI is InChI=1S/C19H22N4O3S/c1-22(2)15(16-8-5-11-27-16)12-20-17(24)9-10-23-14-7-4-3-6-13(14)18(25)21-19(23)26/h3-8,11,15H,9-10,12H2,1-2H3,(H,20,24)(H,21,25,26). The van der Waals surface area contributed by atoms with Crippen molar-refractivity contribution >= 4 is 28.1 Å². The van der Waals surface area contributed by atoms with E-state index < -0.39 is 11.2 Å². The molecular weight excluding hydrogens is 364 g/mol. The highest BCUT2D eigenvalue weighted by molar-refractivity contribution is 7.10. The van der Waals surface area contributed by atoms with Crippen molar-refractivity contribution in [2.45, 2.75) is 19.0 Å². The van der Waals surface area contributed by atoms with E-state index in [1.165, 1.54) is 9.44 Å². The first-order valence-corrected chi connectivity index (χ1v) is 9.53. The molecule has 0 spiro atoms. The maximum atomic E-state index is 12.3. The Morgan fingerprint density at radius 2 is 2.00 bits per heavy atom. The van der Waals surface area contributed by atoms with Gasteiger partial charge in [-0.3, -0.25) is 19.1 Å². The van der Waals surface area contributed by atoms with E-state index in [2.05, 4.69) is 15.2 Å². The second kappa shape index (κ2) is 8.32. The van der Waals surface area contributed by atoms with Gasteiger partial charge in [0.1, 0.15) is 0 Å². The first kappa shape index (κ1) is 19.1. The van der Waals surface area contributed by atoms with E-state index in [9.17, 15) is 14.4 Å². The van der Waals surface area contributed by atoms with Gasteiger partial charge in [-0.1, -0.05) is 18.2 Å². The van der Waals surface area contributed by atoms with Crippen LogP contribution >= 0.6 is 11.3 Å². The van der Waals surface area contributed by atoms with Gasteiger partial charge in [0.25, 0.3) is 5.56 Å². The van der Waals surface area contributed by atoms with Gasteiger partial charge in [-0.05, 0) is 37.7 Å². The van der Waals surface area contributed by atoms with E-state index in [-0.39, 0.29) is 24.9 Å². The summed E-state index contributed by atoms with van der Waals surface area (Å²) in [5, 5.41) is 5.39. The van der Waals surface area contributed by atoms with Crippen LogP contribution in [-0.2, 0) is 11.3 Å². The second-order valence-corrected chi connectivity index (χ2v) is 7.46. The first-order chi connectivity index (χ1) is 13.0. The van der Waals surface area contributed by atoms with E-state index in [0.29, 0.717) is 17.4 Å². The number of nitrogens with one attached hydrogen (secondary N) is 2. The summed E-state index contributed by atoms with van der Waals surface area (Å²) >= 11 is 1.65. The number of nitrogens with zero attached hydrogens (tertiary/aromatic N) is 2. The van der Waals surface area contributed by atoms with Gasteiger partial charge in [-0.2, -0.15) is 0 Å². The molecule has 0 radical (unpaired) electrons. The molecule has 1 atom stereocenters. The van der Waals surface area contributed by atoms with Crippen LogP contribution in [0.2, 0.25) is 0 Å². The largest absolute Gasteiger partial charge is 0.354 e. The van der Waals surface area contributed by atoms with Gasteiger partial charge in [-0.25, -0.2) is 4.79 Å². The number of benzene rings is 1. The van der Waals surface area contributed by atoms with Gasteiger partial charge < -0.3 is 10.2 Å². The highest BCUT2D eigenvalue weighted by Gasteiger charge is 2.16. The molecule has 2 heterocycles. The van der Waals surface area contributed by atoms with E-state index in [1.807, 2.05) is 31.6 Å². The van der Waals surface area contributed by atoms with Crippen LogP contribution in [0, 0.1) is 0 Å². The summed E-state index contributed by atoms with van der Waals surface area (Å²) in [7, 11) is 3.95. The lowest BCUT2D eigenvalue weighted by Gasteiger charge is -2.23. The molecule has 0 aliphatic heterocycles. The molecule has 1 amide bonds. The molecule has 1 aromatic carbocycles. The molecule has 27 heavy (non-hydrogen) atoms. The number of aromatic nitrogens is 2. The third kappa shape index (κ3) is 4.35. The number of carbonyl (C=O) groups is 1. The van der Waals surface area contributed by atoms with Crippen LogP contribution in [0.25, 0.3) is 10.9 Å². The average molecular weight is 386 g/mol. The van der Waals surface area contributed by atoms with Crippen molar-refractivity contribution in [3.05, 3.63) is 67.5 Å². The summed E-state index contributed by atoms with van der Waals surface area (Å²) in [5.41, 5.74) is -0.388. The Morgan fingerprint density at radius 1 is 1.22 bits per heavy atom. The van der Waals surface area contributed by atoms with Gasteiger partial charge in [0.05, 0.1) is 16.9 Å². The fourth-order valence-electron chi connectivity index (χ4n) is 3.00. The van der Waals surface area contributed by atoms with Crippen molar-refractivity contribution in [2.75, 3.05) is 20.6 Å². The predicted octanol–water partition coefficient (Wildman–Crippen LogP) is 1.56. The zero-order valence-corrected chi connectivity index (χ0v) is 16.1. The molecule has 0 fully saturated rings. The summed E-state index contributed by atoms with van der Waals surface area (Å²) in [6, 6.07) is 11.0. The van der Waals surface area contributed by atoms with Gasteiger partial charge in [0, 0.05) is 24.4 Å². The fourth-order valence-corrected chi connectivity index (χ4v) is 3.92. The third-order valence-electron chi connectivity index (χ3n) is 4.46. The zero-order chi connectivity index (χ0) is 19.4. The SMILES string of the molecule is CN(C)C(CNC(=O)CCn1c(=O)[nH]c(=O)c2ccccc21)c1cccs1. The van der Waals surface area contributed by atoms with E-state index in [1.54, 1.807) is 35.6 Å². The number of hydrogen-bond donors (Lipinski definition) is 2. The number of aromatic amines is 1. The molecule has 142 valence electrons. The number of aryl methyl sites for hydroxylation is 1. The molecular formula is C19H22N4O3S. The molecule has 2 aromatic heterocycles. The number of H-pyrrole nitrogens is 1. The minimum Gasteiger partial charge on any atom is -0.354 e. The Labute approximate surface area is 160 Å². The lowest BCUT2D eigenvalue weighted by Crippen LogP contribution is -2.36. The number of carbonyl (C=O) groups excluding carboxylic acids is 1. The molecule has 1 unspecified atom stereocenters. The summed E-state index contributed by atoms with van der Waals surface area (Å²) < 4.78 is 1.43. The maximum Gasteiger partial charge on any atom is 0.328 e. The number of fused-ring (bicyclic) bond motifs is 1. The lowest BCUT2D eigenvalue weighted by atomic mass is 10.2. The van der Waals surface area contributed by atoms with Gasteiger partial charge in [0.2, 0.25) is 5.91 Å². The molecule has 0 bridgehead atoms. The molecule has 3 aromatic rings. The smallest absolute Gasteiger partial charge is 0.328 e. The Hall–Kier alpha value is -2.71. The van der Waals surface area contributed by atoms with Crippen LogP contribution in [0.3, 0.4) is 0 Å². The van der Waals surface area contributed by atoms with Crippen LogP contribution in [0.15, 0.2) is 51.4 Å². The Kier molecular flexibility index (Phi) is 5.88. The number of thiophene rings is 1. The summed E-state index contributed by atoms with van der Waals surface area (Å²) in [6.07, 6.45) is 0.153. The first-order valence-electron chi connectivity index (χ1n) is 8.65. The van der Waals surface area contributed by atoms with Crippen molar-refractivity contribution in [3.63, 3.8) is 0 Å². The summed E-state index contributed by atoms with van der Waals surface area (Å²) in [5.74, 6) is -0.138. The second-order valence-electron chi connectivity index (χ2n) is 6.48. The quantitative estimate of drug-likeness (QED) is 0.645. The van der Waals surface area contributed by atoms with Crippen LogP contribution in [0.4, 0.5) is 0 Å². The number of likely N-dealkylation sites (N-methyl/N-ethyl adjacent to an activating group) is 1. The Bertz CT molecular complexity index is 1040.